The molecule has 6 heteroatoms. The lowest BCUT2D eigenvalue weighted by molar-refractivity contribution is 0.0698. The van der Waals surface area contributed by atoms with E-state index in [0.717, 1.165) is 15.7 Å². The zero-order chi connectivity index (χ0) is 14.0. The minimum absolute atomic E-state index is 0.0290. The summed E-state index contributed by atoms with van der Waals surface area (Å²) in [5, 5.41) is 12.0. The van der Waals surface area contributed by atoms with Crippen LogP contribution in [0.1, 0.15) is 15.9 Å². The molecular formula is C13H12BrN3O2. The largest absolute Gasteiger partial charge is 0.478 e. The lowest BCUT2D eigenvalue weighted by Crippen LogP contribution is -2.07. The van der Waals surface area contributed by atoms with Gasteiger partial charge in [-0.25, -0.2) is 9.78 Å². The number of hydrogen-bond donors (Lipinski definition) is 3. The number of aryl methyl sites for hydroxylation is 1. The molecule has 2 rings (SSSR count). The lowest BCUT2D eigenvalue weighted by Gasteiger charge is -2.12. The number of nitrogens with two attached hydrogens (primary N) is 1. The predicted molar refractivity (Wildman–Crippen MR) is 77.8 cm³/mol. The number of carboxylic acids is 1. The van der Waals surface area contributed by atoms with Gasteiger partial charge in [0.25, 0.3) is 0 Å². The van der Waals surface area contributed by atoms with Crippen molar-refractivity contribution in [2.45, 2.75) is 6.92 Å². The number of aromatic carboxylic acids is 1. The Balaban J connectivity index is 2.42. The maximum Gasteiger partial charge on any atom is 0.337 e. The van der Waals surface area contributed by atoms with Gasteiger partial charge in [-0.1, -0.05) is 12.1 Å². The number of nitrogens with one attached hydrogen (secondary N) is 1. The van der Waals surface area contributed by atoms with Crippen molar-refractivity contribution in [1.29, 1.82) is 0 Å². The van der Waals surface area contributed by atoms with Crippen molar-refractivity contribution in [1.82, 2.24) is 4.98 Å². The van der Waals surface area contributed by atoms with Gasteiger partial charge in [0.05, 0.1) is 16.9 Å². The number of halogens is 1. The second-order valence-corrected chi connectivity index (χ2v) is 4.78. The first kappa shape index (κ1) is 13.4. The zero-order valence-electron chi connectivity index (χ0n) is 10.1. The molecule has 5 nitrogen and oxygen atoms in total. The number of carboxylic acid groups (broad SMARTS) is 1. The van der Waals surface area contributed by atoms with Crippen LogP contribution in [0.25, 0.3) is 0 Å². The van der Waals surface area contributed by atoms with Gasteiger partial charge in [0.1, 0.15) is 0 Å². The zero-order valence-corrected chi connectivity index (χ0v) is 11.7. The molecule has 0 aliphatic carbocycles. The Bertz CT molecular complexity index is 644. The molecule has 1 aromatic carbocycles. The average Bonchev–Trinajstić information content (AvgIpc) is 2.37. The Morgan fingerprint density at radius 1 is 1.42 bits per heavy atom. The Kier molecular flexibility index (Phi) is 3.71. The minimum Gasteiger partial charge on any atom is -0.478 e. The summed E-state index contributed by atoms with van der Waals surface area (Å²) in [4.78, 5) is 15.1. The average molecular weight is 322 g/mol. The highest BCUT2D eigenvalue weighted by molar-refractivity contribution is 9.10. The molecule has 0 amide bonds. The van der Waals surface area contributed by atoms with Gasteiger partial charge in [0.2, 0.25) is 0 Å². The van der Waals surface area contributed by atoms with Gasteiger partial charge in [-0.2, -0.15) is 0 Å². The number of pyridine rings is 1. The Hall–Kier alpha value is -2.08. The van der Waals surface area contributed by atoms with E-state index in [1.54, 1.807) is 0 Å². The predicted octanol–water partition coefficient (Wildman–Crippen LogP) is 3.18. The fourth-order valence-electron chi connectivity index (χ4n) is 1.63. The summed E-state index contributed by atoms with van der Waals surface area (Å²) in [6.07, 6.45) is 1.41. The van der Waals surface area contributed by atoms with Crippen LogP contribution in [-0.4, -0.2) is 16.1 Å². The van der Waals surface area contributed by atoms with E-state index in [2.05, 4.69) is 26.2 Å². The van der Waals surface area contributed by atoms with E-state index in [0.29, 0.717) is 5.82 Å². The van der Waals surface area contributed by atoms with Gasteiger partial charge in [-0.3, -0.25) is 0 Å². The number of nitrogen functional groups attached to an aromatic ring is 1. The van der Waals surface area contributed by atoms with Gasteiger partial charge < -0.3 is 16.2 Å². The highest BCUT2D eigenvalue weighted by Crippen LogP contribution is 2.30. The van der Waals surface area contributed by atoms with Gasteiger partial charge in [0.15, 0.2) is 5.82 Å². The molecule has 0 spiro atoms. The number of anilines is 3. The maximum absolute atomic E-state index is 11.0. The van der Waals surface area contributed by atoms with E-state index in [1.807, 2.05) is 25.1 Å². The lowest BCUT2D eigenvalue weighted by atomic mass is 10.2. The van der Waals surface area contributed by atoms with E-state index < -0.39 is 5.97 Å². The van der Waals surface area contributed by atoms with E-state index in [9.17, 15) is 4.79 Å². The molecule has 0 saturated heterocycles. The second kappa shape index (κ2) is 5.27. The van der Waals surface area contributed by atoms with Crippen molar-refractivity contribution < 1.29 is 9.90 Å². The molecule has 0 aliphatic heterocycles. The topological polar surface area (TPSA) is 88.2 Å². The van der Waals surface area contributed by atoms with Gasteiger partial charge in [0, 0.05) is 10.7 Å². The first-order chi connectivity index (χ1) is 9.00. The van der Waals surface area contributed by atoms with Gasteiger partial charge >= 0.3 is 5.97 Å². The van der Waals surface area contributed by atoms with Gasteiger partial charge in [-0.05, 0) is 40.5 Å². The van der Waals surface area contributed by atoms with E-state index in [-0.39, 0.29) is 11.3 Å². The van der Waals surface area contributed by atoms with Crippen LogP contribution in [0.2, 0.25) is 0 Å². The monoisotopic (exact) mass is 321 g/mol. The summed E-state index contributed by atoms with van der Waals surface area (Å²) in [6, 6.07) is 7.07. The maximum atomic E-state index is 11.0. The first-order valence-electron chi connectivity index (χ1n) is 5.50. The highest BCUT2D eigenvalue weighted by Gasteiger charge is 2.13. The Labute approximate surface area is 118 Å². The van der Waals surface area contributed by atoms with Crippen LogP contribution in [0.3, 0.4) is 0 Å². The molecule has 1 aromatic heterocycles. The third kappa shape index (κ3) is 2.68. The molecule has 0 saturated carbocycles. The molecule has 19 heavy (non-hydrogen) atoms. The summed E-state index contributed by atoms with van der Waals surface area (Å²) in [7, 11) is 0. The van der Waals surface area contributed by atoms with Crippen LogP contribution < -0.4 is 11.1 Å². The molecule has 0 radical (unpaired) electrons. The number of nitrogens with zero attached hydrogens (tertiary/aromatic N) is 1. The van der Waals surface area contributed by atoms with Crippen LogP contribution in [0, 0.1) is 6.92 Å². The van der Waals surface area contributed by atoms with E-state index >= 15 is 0 Å². The molecular weight excluding hydrogens is 310 g/mol. The molecule has 2 aromatic rings. The van der Waals surface area contributed by atoms with Crippen LogP contribution in [0.5, 0.6) is 0 Å². The number of benzene rings is 1. The molecule has 0 fully saturated rings. The molecule has 0 aliphatic rings. The van der Waals surface area contributed by atoms with Crippen molar-refractivity contribution in [2.75, 3.05) is 11.1 Å². The first-order valence-corrected chi connectivity index (χ1v) is 6.30. The quantitative estimate of drug-likeness (QED) is 0.808. The van der Waals surface area contributed by atoms with E-state index in [1.165, 1.54) is 12.3 Å². The fourth-order valence-corrected chi connectivity index (χ4v) is 1.99. The van der Waals surface area contributed by atoms with Gasteiger partial charge in [-0.15, -0.1) is 0 Å². The van der Waals surface area contributed by atoms with Crippen molar-refractivity contribution >= 4 is 39.1 Å². The Morgan fingerprint density at radius 2 is 2.16 bits per heavy atom. The summed E-state index contributed by atoms with van der Waals surface area (Å²) >= 11 is 3.46. The van der Waals surface area contributed by atoms with Crippen molar-refractivity contribution in [2.24, 2.45) is 0 Å². The Morgan fingerprint density at radius 3 is 2.84 bits per heavy atom. The minimum atomic E-state index is -1.08. The number of hydrogen-bond acceptors (Lipinski definition) is 4. The standard InChI is InChI=1S/C13H12BrN3O2/c1-7-3-2-4-9(10(7)14)17-12-11(15)8(13(18)19)5-6-16-12/h2-6H,15H2,1H3,(H,16,17)(H,18,19). The number of carbonyl (C=O) groups is 1. The molecule has 98 valence electrons. The smallest absolute Gasteiger partial charge is 0.337 e. The van der Waals surface area contributed by atoms with Crippen LogP contribution >= 0.6 is 15.9 Å². The van der Waals surface area contributed by atoms with Crippen molar-refractivity contribution in [3.8, 4) is 0 Å². The SMILES string of the molecule is Cc1cccc(Nc2nccc(C(=O)O)c2N)c1Br. The molecule has 4 N–H and O–H groups in total. The third-order valence-electron chi connectivity index (χ3n) is 2.67. The molecule has 0 bridgehead atoms. The normalized spacial score (nSPS) is 10.2. The third-order valence-corrected chi connectivity index (χ3v) is 3.72. The highest BCUT2D eigenvalue weighted by atomic mass is 79.9. The number of aromatic nitrogens is 1. The molecule has 0 unspecified atom stereocenters. The fraction of sp³-hybridized carbons (Fsp3) is 0.0769. The van der Waals surface area contributed by atoms with Crippen LogP contribution in [0.4, 0.5) is 17.2 Å². The summed E-state index contributed by atoms with van der Waals surface area (Å²) < 4.78 is 0.886. The molecule has 0 atom stereocenters. The van der Waals surface area contributed by atoms with Crippen molar-refractivity contribution in [3.63, 3.8) is 0 Å². The second-order valence-electron chi connectivity index (χ2n) is 3.99. The summed E-state index contributed by atoms with van der Waals surface area (Å²) in [5.74, 6) is -0.752. The number of rotatable bonds is 3. The summed E-state index contributed by atoms with van der Waals surface area (Å²) in [5.41, 5.74) is 7.78. The van der Waals surface area contributed by atoms with Crippen LogP contribution in [-0.2, 0) is 0 Å². The van der Waals surface area contributed by atoms with Crippen LogP contribution in [0.15, 0.2) is 34.9 Å². The van der Waals surface area contributed by atoms with E-state index in [4.69, 9.17) is 10.8 Å². The van der Waals surface area contributed by atoms with Crippen molar-refractivity contribution in [3.05, 3.63) is 46.1 Å². The summed E-state index contributed by atoms with van der Waals surface area (Å²) in [6.45, 7) is 1.96. The molecule has 1 heterocycles.